The number of halogens is 1. The van der Waals surface area contributed by atoms with E-state index in [0.29, 0.717) is 13.0 Å². The predicted molar refractivity (Wildman–Crippen MR) is 47.0 cm³/mol. The first kappa shape index (κ1) is 9.15. The van der Waals surface area contributed by atoms with Crippen LogP contribution in [-0.4, -0.2) is 41.4 Å². The maximum Gasteiger partial charge on any atom is 0.376 e. The summed E-state index contributed by atoms with van der Waals surface area (Å²) in [6, 6.07) is -0.377. The van der Waals surface area contributed by atoms with E-state index in [1.165, 1.54) is 0 Å². The number of hydrogen-bond donors (Lipinski definition) is 1. The van der Waals surface area contributed by atoms with Crippen LogP contribution < -0.4 is 0 Å². The molecular weight excluding hydrogens is 172 g/mol. The topological polar surface area (TPSA) is 40.5 Å². The second kappa shape index (κ2) is 3.06. The number of piperidine rings is 2. The number of carbonyl (C=O) groups excluding carboxylic acids is 1. The molecule has 13 heavy (non-hydrogen) atoms. The molecule has 3 aliphatic rings. The zero-order chi connectivity index (χ0) is 9.59. The molecule has 2 saturated heterocycles. The molecule has 1 N–H and O–H groups in total. The average Bonchev–Trinajstić information content (AvgIpc) is 2.12. The van der Waals surface area contributed by atoms with Crippen molar-refractivity contribution in [2.45, 2.75) is 31.9 Å². The fourth-order valence-corrected chi connectivity index (χ4v) is 2.41. The number of rotatable bonds is 1. The van der Waals surface area contributed by atoms with Crippen LogP contribution in [0.2, 0.25) is 6.82 Å². The number of nitrogens with zero attached hydrogens (tertiary/aromatic N) is 1. The van der Waals surface area contributed by atoms with Gasteiger partial charge in [0.1, 0.15) is 0 Å². The molecule has 0 spiro atoms. The van der Waals surface area contributed by atoms with Gasteiger partial charge in [-0.1, -0.05) is 0 Å². The molecule has 0 radical (unpaired) electrons. The second-order valence-electron chi connectivity index (χ2n) is 3.97. The number of Topliss-reactive ketones (excluding diaryl/α,β-unsaturated/α-hetero) is 1. The fraction of sp³-hybridized carbons (Fsp3) is 0.875. The van der Waals surface area contributed by atoms with Gasteiger partial charge in [-0.15, -0.1) is 0 Å². The van der Waals surface area contributed by atoms with E-state index in [9.17, 15) is 14.2 Å². The Balaban J connectivity index is 2.18. The molecule has 72 valence electrons. The van der Waals surface area contributed by atoms with Gasteiger partial charge >= 0.3 is 7.05 Å². The molecule has 1 aliphatic carbocycles. The minimum Gasteiger partial charge on any atom is -0.437 e. The van der Waals surface area contributed by atoms with Gasteiger partial charge in [0.2, 0.25) is 0 Å². The van der Waals surface area contributed by atoms with Crippen LogP contribution in [0.15, 0.2) is 0 Å². The molecule has 2 bridgehead atoms. The van der Waals surface area contributed by atoms with Crippen LogP contribution in [0.1, 0.15) is 12.8 Å². The first-order valence-electron chi connectivity index (χ1n) is 4.73. The van der Waals surface area contributed by atoms with Crippen LogP contribution in [-0.2, 0) is 4.79 Å². The summed E-state index contributed by atoms with van der Waals surface area (Å²) in [6.45, 7) is 2.15. The van der Waals surface area contributed by atoms with Crippen molar-refractivity contribution in [1.82, 2.24) is 4.81 Å². The van der Waals surface area contributed by atoms with Gasteiger partial charge in [0, 0.05) is 12.0 Å². The molecule has 0 aromatic carbocycles. The Hall–Kier alpha value is -0.415. The Morgan fingerprint density at radius 1 is 1.62 bits per heavy atom. The minimum atomic E-state index is -1.37. The summed E-state index contributed by atoms with van der Waals surface area (Å²) < 4.78 is 13.4. The summed E-state index contributed by atoms with van der Waals surface area (Å²) in [4.78, 5) is 13.0. The summed E-state index contributed by atoms with van der Waals surface area (Å²) in [5, 5.41) is 9.35. The second-order valence-corrected chi connectivity index (χ2v) is 3.97. The molecule has 3 rings (SSSR count). The summed E-state index contributed by atoms with van der Waals surface area (Å²) >= 11 is 0. The van der Waals surface area contributed by atoms with Gasteiger partial charge in [0.25, 0.3) is 0 Å². The maximum atomic E-state index is 13.4. The number of alkyl halides is 1. The lowest BCUT2D eigenvalue weighted by molar-refractivity contribution is -0.138. The van der Waals surface area contributed by atoms with Gasteiger partial charge in [-0.25, -0.2) is 4.39 Å². The molecule has 0 amide bonds. The van der Waals surface area contributed by atoms with Gasteiger partial charge in [0.05, 0.1) is 0 Å². The summed E-state index contributed by atoms with van der Waals surface area (Å²) in [5.41, 5.74) is 0. The Bertz CT molecular complexity index is 232. The molecule has 5 heteroatoms. The molecular formula is C8H13BFNO2. The lowest BCUT2D eigenvalue weighted by atomic mass is 9.70. The van der Waals surface area contributed by atoms with Gasteiger partial charge in [-0.05, 0) is 26.2 Å². The van der Waals surface area contributed by atoms with Crippen molar-refractivity contribution in [2.75, 3.05) is 6.54 Å². The van der Waals surface area contributed by atoms with E-state index < -0.39 is 13.2 Å². The molecule has 3 atom stereocenters. The van der Waals surface area contributed by atoms with E-state index in [1.807, 2.05) is 0 Å². The normalized spacial score (nSPS) is 39.6. The van der Waals surface area contributed by atoms with Crippen LogP contribution in [0.3, 0.4) is 0 Å². The first-order chi connectivity index (χ1) is 6.11. The molecule has 0 aromatic rings. The van der Waals surface area contributed by atoms with Gasteiger partial charge < -0.3 is 9.83 Å². The lowest BCUT2D eigenvalue weighted by Crippen LogP contribution is -2.63. The van der Waals surface area contributed by atoms with Crippen LogP contribution in [0, 0.1) is 5.92 Å². The van der Waals surface area contributed by atoms with Crippen LogP contribution in [0.5, 0.6) is 0 Å². The van der Waals surface area contributed by atoms with E-state index in [4.69, 9.17) is 0 Å². The average molecular weight is 185 g/mol. The number of fused-ring (bicyclic) bond motifs is 3. The third kappa shape index (κ3) is 1.30. The molecule has 3 nitrogen and oxygen atoms in total. The Morgan fingerprint density at radius 2 is 2.31 bits per heavy atom. The quantitative estimate of drug-likeness (QED) is 0.589. The highest BCUT2D eigenvalue weighted by Gasteiger charge is 2.48. The molecule has 0 aromatic heterocycles. The van der Waals surface area contributed by atoms with E-state index in [2.05, 4.69) is 0 Å². The highest BCUT2D eigenvalue weighted by molar-refractivity contribution is 6.45. The van der Waals surface area contributed by atoms with Crippen LogP contribution >= 0.6 is 0 Å². The van der Waals surface area contributed by atoms with E-state index in [1.54, 1.807) is 11.6 Å². The zero-order valence-corrected chi connectivity index (χ0v) is 7.61. The molecule has 2 unspecified atom stereocenters. The lowest BCUT2D eigenvalue weighted by Gasteiger charge is -2.46. The van der Waals surface area contributed by atoms with E-state index in [0.717, 1.165) is 6.42 Å². The Morgan fingerprint density at radius 3 is 2.85 bits per heavy atom. The summed E-state index contributed by atoms with van der Waals surface area (Å²) in [7, 11) is -0.640. The zero-order valence-electron chi connectivity index (χ0n) is 7.61. The monoisotopic (exact) mass is 185 g/mol. The predicted octanol–water partition coefficient (Wildman–Crippen LogP) is 0.0981. The van der Waals surface area contributed by atoms with Crippen molar-refractivity contribution in [3.05, 3.63) is 0 Å². The van der Waals surface area contributed by atoms with Gasteiger partial charge in [-0.3, -0.25) is 4.79 Å². The molecule has 1 saturated carbocycles. The number of ketones is 1. The van der Waals surface area contributed by atoms with Gasteiger partial charge in [0.15, 0.2) is 12.0 Å². The molecule has 3 fully saturated rings. The number of hydrogen-bond acceptors (Lipinski definition) is 3. The van der Waals surface area contributed by atoms with Crippen molar-refractivity contribution in [3.63, 3.8) is 0 Å². The van der Waals surface area contributed by atoms with E-state index >= 15 is 0 Å². The van der Waals surface area contributed by atoms with Crippen molar-refractivity contribution in [1.29, 1.82) is 0 Å². The van der Waals surface area contributed by atoms with Crippen LogP contribution in [0.25, 0.3) is 0 Å². The van der Waals surface area contributed by atoms with E-state index in [-0.39, 0.29) is 17.7 Å². The third-order valence-corrected chi connectivity index (χ3v) is 3.16. The SMILES string of the molecule is CB(O)N1CC2CCC1[C@H](F)C2=O. The smallest absolute Gasteiger partial charge is 0.376 e. The van der Waals surface area contributed by atoms with Crippen LogP contribution in [0.4, 0.5) is 4.39 Å². The molecule has 2 heterocycles. The largest absolute Gasteiger partial charge is 0.437 e. The van der Waals surface area contributed by atoms with Crippen molar-refractivity contribution in [2.24, 2.45) is 5.92 Å². The highest BCUT2D eigenvalue weighted by atomic mass is 19.1. The third-order valence-electron chi connectivity index (χ3n) is 3.16. The van der Waals surface area contributed by atoms with Gasteiger partial charge in [-0.2, -0.15) is 0 Å². The Labute approximate surface area is 77.0 Å². The maximum absolute atomic E-state index is 13.4. The summed E-state index contributed by atoms with van der Waals surface area (Å²) in [6.07, 6.45) is 0.109. The minimum absolute atomic E-state index is 0.186. The molecule has 2 aliphatic heterocycles. The fourth-order valence-electron chi connectivity index (χ4n) is 2.41. The van der Waals surface area contributed by atoms with Crippen molar-refractivity contribution >= 4 is 12.8 Å². The highest BCUT2D eigenvalue weighted by Crippen LogP contribution is 2.34. The van der Waals surface area contributed by atoms with Crippen molar-refractivity contribution < 1.29 is 14.2 Å². The first-order valence-corrected chi connectivity index (χ1v) is 4.73. The summed E-state index contributed by atoms with van der Waals surface area (Å²) in [5.74, 6) is -0.442. The Kier molecular flexibility index (Phi) is 2.16. The van der Waals surface area contributed by atoms with Crippen molar-refractivity contribution in [3.8, 4) is 0 Å². The standard InChI is InChI=1S/C8H13BFNO2/c1-9(13)11-4-5-2-3-6(11)7(10)8(5)12/h5-7,13H,2-4H2,1H3/t5?,6?,7-/m0/s1. The number of carbonyl (C=O) groups is 1.